The molecule has 0 aromatic rings. The van der Waals surface area contributed by atoms with Crippen molar-refractivity contribution >= 4 is 11.9 Å². The molecule has 1 aliphatic rings. The molecule has 0 N–H and O–H groups in total. The van der Waals surface area contributed by atoms with Crippen LogP contribution >= 0.6 is 0 Å². The SMILES string of the molecule is C/C=C/C(=O)C1CN(C(=O)OC(C)(C)C)C1. The van der Waals surface area contributed by atoms with Crippen LogP contribution in [0.1, 0.15) is 27.7 Å². The Bertz CT molecular complexity index is 309. The summed E-state index contributed by atoms with van der Waals surface area (Å²) in [6.07, 6.45) is 2.94. The molecular weight excluding hydrogens is 206 g/mol. The minimum absolute atomic E-state index is 0.0521. The van der Waals surface area contributed by atoms with Gasteiger partial charge in [0.2, 0.25) is 0 Å². The van der Waals surface area contributed by atoms with Gasteiger partial charge in [-0.25, -0.2) is 4.79 Å². The first kappa shape index (κ1) is 12.7. The summed E-state index contributed by atoms with van der Waals surface area (Å²) < 4.78 is 5.19. The number of nitrogens with zero attached hydrogens (tertiary/aromatic N) is 1. The molecule has 1 amide bonds. The zero-order chi connectivity index (χ0) is 12.3. The van der Waals surface area contributed by atoms with E-state index in [1.54, 1.807) is 17.1 Å². The van der Waals surface area contributed by atoms with E-state index in [4.69, 9.17) is 4.74 Å². The van der Waals surface area contributed by atoms with Crippen molar-refractivity contribution in [2.24, 2.45) is 5.92 Å². The van der Waals surface area contributed by atoms with Gasteiger partial charge in [0, 0.05) is 13.1 Å². The topological polar surface area (TPSA) is 46.6 Å². The molecule has 1 aliphatic heterocycles. The highest BCUT2D eigenvalue weighted by Gasteiger charge is 2.36. The van der Waals surface area contributed by atoms with Gasteiger partial charge in [-0.1, -0.05) is 6.08 Å². The van der Waals surface area contributed by atoms with Gasteiger partial charge in [-0.2, -0.15) is 0 Å². The van der Waals surface area contributed by atoms with Crippen LogP contribution in [-0.2, 0) is 9.53 Å². The lowest BCUT2D eigenvalue weighted by Crippen LogP contribution is -2.53. The summed E-state index contributed by atoms with van der Waals surface area (Å²) in [5.74, 6) is 0.0334. The lowest BCUT2D eigenvalue weighted by molar-refractivity contribution is -0.122. The number of hydrogen-bond donors (Lipinski definition) is 0. The van der Waals surface area contributed by atoms with Crippen LogP contribution in [0, 0.1) is 5.92 Å². The smallest absolute Gasteiger partial charge is 0.410 e. The van der Waals surface area contributed by atoms with E-state index in [1.807, 2.05) is 27.7 Å². The van der Waals surface area contributed by atoms with Crippen molar-refractivity contribution in [3.05, 3.63) is 12.2 Å². The minimum atomic E-state index is -0.477. The van der Waals surface area contributed by atoms with Crippen LogP contribution in [0.25, 0.3) is 0 Å². The summed E-state index contributed by atoms with van der Waals surface area (Å²) >= 11 is 0. The molecule has 0 radical (unpaired) electrons. The molecule has 1 rings (SSSR count). The quantitative estimate of drug-likeness (QED) is 0.675. The lowest BCUT2D eigenvalue weighted by atomic mass is 9.95. The Kier molecular flexibility index (Phi) is 3.73. The van der Waals surface area contributed by atoms with Gasteiger partial charge in [-0.15, -0.1) is 0 Å². The van der Waals surface area contributed by atoms with E-state index in [0.29, 0.717) is 13.1 Å². The maximum absolute atomic E-state index is 11.5. The zero-order valence-corrected chi connectivity index (χ0v) is 10.3. The molecular formula is C12H19NO3. The fourth-order valence-corrected chi connectivity index (χ4v) is 1.43. The summed E-state index contributed by atoms with van der Waals surface area (Å²) in [5.41, 5.74) is -0.477. The summed E-state index contributed by atoms with van der Waals surface area (Å²) in [7, 11) is 0. The second kappa shape index (κ2) is 4.68. The van der Waals surface area contributed by atoms with E-state index in [9.17, 15) is 9.59 Å². The number of rotatable bonds is 2. The summed E-state index contributed by atoms with van der Waals surface area (Å²) in [4.78, 5) is 24.5. The average molecular weight is 225 g/mol. The van der Waals surface area contributed by atoms with Gasteiger partial charge < -0.3 is 9.64 Å². The van der Waals surface area contributed by atoms with Crippen molar-refractivity contribution < 1.29 is 14.3 Å². The zero-order valence-electron chi connectivity index (χ0n) is 10.3. The van der Waals surface area contributed by atoms with E-state index < -0.39 is 5.60 Å². The fourth-order valence-electron chi connectivity index (χ4n) is 1.43. The van der Waals surface area contributed by atoms with Gasteiger partial charge in [-0.3, -0.25) is 4.79 Å². The predicted molar refractivity (Wildman–Crippen MR) is 61.1 cm³/mol. The first-order chi connectivity index (χ1) is 7.33. The summed E-state index contributed by atoms with van der Waals surface area (Å²) in [5, 5.41) is 0. The molecule has 1 fully saturated rings. The van der Waals surface area contributed by atoms with Gasteiger partial charge in [0.15, 0.2) is 5.78 Å². The van der Waals surface area contributed by atoms with Crippen molar-refractivity contribution in [3.63, 3.8) is 0 Å². The molecule has 4 nitrogen and oxygen atoms in total. The maximum Gasteiger partial charge on any atom is 0.410 e. The van der Waals surface area contributed by atoms with Gasteiger partial charge >= 0.3 is 6.09 Å². The van der Waals surface area contributed by atoms with Crippen molar-refractivity contribution in [1.82, 2.24) is 4.90 Å². The second-order valence-electron chi connectivity index (χ2n) is 4.98. The van der Waals surface area contributed by atoms with Gasteiger partial charge in [-0.05, 0) is 33.8 Å². The van der Waals surface area contributed by atoms with Crippen molar-refractivity contribution in [2.45, 2.75) is 33.3 Å². The number of ketones is 1. The van der Waals surface area contributed by atoms with E-state index in [0.717, 1.165) is 0 Å². The molecule has 0 saturated carbocycles. The monoisotopic (exact) mass is 225 g/mol. The Labute approximate surface area is 96.3 Å². The third-order valence-corrected chi connectivity index (χ3v) is 2.27. The average Bonchev–Trinajstić information content (AvgIpc) is 1.97. The number of likely N-dealkylation sites (tertiary alicyclic amines) is 1. The van der Waals surface area contributed by atoms with Crippen LogP contribution in [0.15, 0.2) is 12.2 Å². The fraction of sp³-hybridized carbons (Fsp3) is 0.667. The number of amides is 1. The Balaban J connectivity index is 2.36. The molecule has 0 aliphatic carbocycles. The van der Waals surface area contributed by atoms with Crippen LogP contribution in [0.2, 0.25) is 0 Å². The molecule has 0 aromatic carbocycles. The molecule has 0 atom stereocenters. The number of carbonyl (C=O) groups is 2. The maximum atomic E-state index is 11.5. The summed E-state index contributed by atoms with van der Waals surface area (Å²) in [6, 6.07) is 0. The molecule has 0 spiro atoms. The molecule has 0 unspecified atom stereocenters. The molecule has 1 heterocycles. The van der Waals surface area contributed by atoms with Gasteiger partial charge in [0.25, 0.3) is 0 Å². The summed E-state index contributed by atoms with van der Waals surface area (Å²) in [6.45, 7) is 8.23. The van der Waals surface area contributed by atoms with Gasteiger partial charge in [0.1, 0.15) is 5.60 Å². The molecule has 90 valence electrons. The van der Waals surface area contributed by atoms with Crippen molar-refractivity contribution in [2.75, 3.05) is 13.1 Å². The second-order valence-corrected chi connectivity index (χ2v) is 4.98. The lowest BCUT2D eigenvalue weighted by Gasteiger charge is -2.38. The Morgan fingerprint density at radius 3 is 2.31 bits per heavy atom. The molecule has 0 bridgehead atoms. The van der Waals surface area contributed by atoms with Crippen LogP contribution < -0.4 is 0 Å². The van der Waals surface area contributed by atoms with Crippen LogP contribution in [0.4, 0.5) is 4.79 Å². The van der Waals surface area contributed by atoms with Crippen LogP contribution in [0.3, 0.4) is 0 Å². The minimum Gasteiger partial charge on any atom is -0.444 e. The number of ether oxygens (including phenoxy) is 1. The number of carbonyl (C=O) groups excluding carboxylic acids is 2. The van der Waals surface area contributed by atoms with Crippen molar-refractivity contribution in [3.8, 4) is 0 Å². The third kappa shape index (κ3) is 3.36. The normalized spacial score (nSPS) is 17.4. The molecule has 1 saturated heterocycles. The highest BCUT2D eigenvalue weighted by atomic mass is 16.6. The van der Waals surface area contributed by atoms with Gasteiger partial charge in [0.05, 0.1) is 5.92 Å². The van der Waals surface area contributed by atoms with Crippen molar-refractivity contribution in [1.29, 1.82) is 0 Å². The van der Waals surface area contributed by atoms with Crippen LogP contribution in [0.5, 0.6) is 0 Å². The van der Waals surface area contributed by atoms with E-state index in [-0.39, 0.29) is 17.8 Å². The number of hydrogen-bond acceptors (Lipinski definition) is 3. The molecule has 16 heavy (non-hydrogen) atoms. The Hall–Kier alpha value is -1.32. The molecule has 4 heteroatoms. The number of allylic oxidation sites excluding steroid dienone is 2. The first-order valence-corrected chi connectivity index (χ1v) is 5.48. The van der Waals surface area contributed by atoms with E-state index in [2.05, 4.69) is 0 Å². The highest BCUT2D eigenvalue weighted by molar-refractivity contribution is 5.93. The Morgan fingerprint density at radius 1 is 1.31 bits per heavy atom. The molecule has 0 aromatic heterocycles. The van der Waals surface area contributed by atoms with E-state index in [1.165, 1.54) is 0 Å². The van der Waals surface area contributed by atoms with E-state index >= 15 is 0 Å². The third-order valence-electron chi connectivity index (χ3n) is 2.27. The predicted octanol–water partition coefficient (Wildman–Crippen LogP) is 2.00. The standard InChI is InChI=1S/C12H19NO3/c1-5-6-10(14)9-7-13(8-9)11(15)16-12(2,3)4/h5-6,9H,7-8H2,1-4H3/b6-5+. The van der Waals surface area contributed by atoms with Crippen LogP contribution in [-0.4, -0.2) is 35.5 Å². The first-order valence-electron chi connectivity index (χ1n) is 5.48. The highest BCUT2D eigenvalue weighted by Crippen LogP contribution is 2.20. The Morgan fingerprint density at radius 2 is 1.88 bits per heavy atom. The largest absolute Gasteiger partial charge is 0.444 e.